The van der Waals surface area contributed by atoms with Gasteiger partial charge in [0.2, 0.25) is 0 Å². The average Bonchev–Trinajstić information content (AvgIpc) is 2.27. The van der Waals surface area contributed by atoms with Crippen molar-refractivity contribution in [2.75, 3.05) is 0 Å². The SMILES string of the molecule is O=C(O)c1cc(O)cc(-c2ccc(Cl)cc2Cl)c1. The molecule has 0 heterocycles. The lowest BCUT2D eigenvalue weighted by Crippen LogP contribution is -1.96. The Hall–Kier alpha value is -1.71. The smallest absolute Gasteiger partial charge is 0.335 e. The summed E-state index contributed by atoms with van der Waals surface area (Å²) in [5, 5.41) is 19.3. The molecule has 0 fully saturated rings. The maximum atomic E-state index is 10.9. The molecule has 0 aromatic heterocycles. The molecule has 0 aliphatic heterocycles. The average molecular weight is 283 g/mol. The van der Waals surface area contributed by atoms with Gasteiger partial charge < -0.3 is 10.2 Å². The molecule has 0 aliphatic carbocycles. The Morgan fingerprint density at radius 3 is 2.39 bits per heavy atom. The van der Waals surface area contributed by atoms with Crippen molar-refractivity contribution >= 4 is 29.2 Å². The van der Waals surface area contributed by atoms with Gasteiger partial charge in [-0.15, -0.1) is 0 Å². The third-order valence-electron chi connectivity index (χ3n) is 2.41. The van der Waals surface area contributed by atoms with Crippen LogP contribution in [0.15, 0.2) is 36.4 Å². The molecule has 0 unspecified atom stereocenters. The normalized spacial score (nSPS) is 10.3. The van der Waals surface area contributed by atoms with Gasteiger partial charge in [0, 0.05) is 15.6 Å². The van der Waals surface area contributed by atoms with Crippen molar-refractivity contribution in [3.8, 4) is 16.9 Å². The summed E-state index contributed by atoms with van der Waals surface area (Å²) in [6.07, 6.45) is 0. The molecule has 0 saturated carbocycles. The number of hydrogen-bond acceptors (Lipinski definition) is 2. The van der Waals surface area contributed by atoms with Gasteiger partial charge in [0.25, 0.3) is 0 Å². The molecule has 0 spiro atoms. The highest BCUT2D eigenvalue weighted by molar-refractivity contribution is 6.36. The van der Waals surface area contributed by atoms with E-state index in [4.69, 9.17) is 28.3 Å². The summed E-state index contributed by atoms with van der Waals surface area (Å²) >= 11 is 11.8. The lowest BCUT2D eigenvalue weighted by molar-refractivity contribution is 0.0696. The zero-order chi connectivity index (χ0) is 13.3. The molecule has 0 atom stereocenters. The van der Waals surface area contributed by atoms with Gasteiger partial charge in [-0.25, -0.2) is 4.79 Å². The molecule has 0 bridgehead atoms. The van der Waals surface area contributed by atoms with E-state index in [9.17, 15) is 9.90 Å². The maximum Gasteiger partial charge on any atom is 0.335 e. The van der Waals surface area contributed by atoms with Crippen molar-refractivity contribution in [1.82, 2.24) is 0 Å². The first-order valence-electron chi connectivity index (χ1n) is 5.00. The van der Waals surface area contributed by atoms with Gasteiger partial charge in [0.1, 0.15) is 5.75 Å². The Bertz CT molecular complexity index is 624. The molecule has 3 nitrogen and oxygen atoms in total. The minimum atomic E-state index is -1.11. The molecular formula is C13H8Cl2O3. The van der Waals surface area contributed by atoms with Crippen molar-refractivity contribution in [3.63, 3.8) is 0 Å². The van der Waals surface area contributed by atoms with Crippen LogP contribution in [0.25, 0.3) is 11.1 Å². The molecule has 92 valence electrons. The first kappa shape index (κ1) is 12.7. The monoisotopic (exact) mass is 282 g/mol. The van der Waals surface area contributed by atoms with Gasteiger partial charge in [-0.2, -0.15) is 0 Å². The fourth-order valence-electron chi connectivity index (χ4n) is 1.61. The van der Waals surface area contributed by atoms with E-state index in [0.29, 0.717) is 21.2 Å². The number of halogens is 2. The van der Waals surface area contributed by atoms with Gasteiger partial charge in [-0.05, 0) is 35.9 Å². The lowest BCUT2D eigenvalue weighted by atomic mass is 10.0. The van der Waals surface area contributed by atoms with E-state index in [2.05, 4.69) is 0 Å². The minimum absolute atomic E-state index is 0.00369. The molecule has 18 heavy (non-hydrogen) atoms. The number of phenolic OH excluding ortho intramolecular Hbond substituents is 1. The maximum absolute atomic E-state index is 10.9. The van der Waals surface area contributed by atoms with Gasteiger partial charge in [-0.3, -0.25) is 0 Å². The Kier molecular flexibility index (Phi) is 3.45. The van der Waals surface area contributed by atoms with Crippen LogP contribution in [0, 0.1) is 0 Å². The van der Waals surface area contributed by atoms with Crippen molar-refractivity contribution in [2.24, 2.45) is 0 Å². The second-order valence-corrected chi connectivity index (χ2v) is 4.54. The number of carbonyl (C=O) groups is 1. The van der Waals surface area contributed by atoms with E-state index < -0.39 is 5.97 Å². The second kappa shape index (κ2) is 4.88. The standard InChI is InChI=1S/C13H8Cl2O3/c14-9-1-2-11(12(15)6-9)7-3-8(13(17)18)5-10(16)4-7/h1-6,16H,(H,17,18). The van der Waals surface area contributed by atoms with Crippen molar-refractivity contribution in [2.45, 2.75) is 0 Å². The highest BCUT2D eigenvalue weighted by Crippen LogP contribution is 2.32. The van der Waals surface area contributed by atoms with Gasteiger partial charge in [0.15, 0.2) is 0 Å². The quantitative estimate of drug-likeness (QED) is 0.873. The molecule has 2 N–H and O–H groups in total. The van der Waals surface area contributed by atoms with Crippen LogP contribution in [0.5, 0.6) is 5.75 Å². The molecule has 0 aliphatic rings. The van der Waals surface area contributed by atoms with E-state index in [-0.39, 0.29) is 11.3 Å². The van der Waals surface area contributed by atoms with Crippen LogP contribution in [0.1, 0.15) is 10.4 Å². The van der Waals surface area contributed by atoms with E-state index in [1.165, 1.54) is 18.2 Å². The highest BCUT2D eigenvalue weighted by atomic mass is 35.5. The number of phenols is 1. The van der Waals surface area contributed by atoms with Crippen molar-refractivity contribution < 1.29 is 15.0 Å². The van der Waals surface area contributed by atoms with E-state index in [1.54, 1.807) is 18.2 Å². The second-order valence-electron chi connectivity index (χ2n) is 3.70. The number of carboxylic acids is 1. The summed E-state index contributed by atoms with van der Waals surface area (Å²) in [5.74, 6) is -1.24. The fourth-order valence-corrected chi connectivity index (χ4v) is 2.13. The zero-order valence-corrected chi connectivity index (χ0v) is 10.5. The Morgan fingerprint density at radius 2 is 1.78 bits per heavy atom. The summed E-state index contributed by atoms with van der Waals surface area (Å²) in [6, 6.07) is 8.94. The molecule has 5 heteroatoms. The number of carboxylic acid groups (broad SMARTS) is 1. The van der Waals surface area contributed by atoms with E-state index in [1.807, 2.05) is 0 Å². The lowest BCUT2D eigenvalue weighted by Gasteiger charge is -2.07. The van der Waals surface area contributed by atoms with Crippen molar-refractivity contribution in [1.29, 1.82) is 0 Å². The van der Waals surface area contributed by atoms with Gasteiger partial charge in [0.05, 0.1) is 5.56 Å². The van der Waals surface area contributed by atoms with Crippen LogP contribution in [0.2, 0.25) is 10.0 Å². The molecule has 2 aromatic carbocycles. The summed E-state index contributed by atoms with van der Waals surface area (Å²) in [5.41, 5.74) is 1.13. The molecule has 0 radical (unpaired) electrons. The van der Waals surface area contributed by atoms with Crippen LogP contribution >= 0.6 is 23.2 Å². The third kappa shape index (κ3) is 2.58. The number of aromatic hydroxyl groups is 1. The van der Waals surface area contributed by atoms with E-state index in [0.717, 1.165) is 0 Å². The first-order valence-corrected chi connectivity index (χ1v) is 5.76. The summed E-state index contributed by atoms with van der Waals surface area (Å²) < 4.78 is 0. The Morgan fingerprint density at radius 1 is 1.06 bits per heavy atom. The van der Waals surface area contributed by atoms with Crippen LogP contribution in [-0.2, 0) is 0 Å². The molecule has 0 amide bonds. The van der Waals surface area contributed by atoms with Crippen LogP contribution in [0.4, 0.5) is 0 Å². The third-order valence-corrected chi connectivity index (χ3v) is 2.95. The van der Waals surface area contributed by atoms with Crippen LogP contribution in [-0.4, -0.2) is 16.2 Å². The number of rotatable bonds is 2. The molecule has 0 saturated heterocycles. The highest BCUT2D eigenvalue weighted by Gasteiger charge is 2.10. The number of benzene rings is 2. The zero-order valence-electron chi connectivity index (χ0n) is 9.02. The summed E-state index contributed by atoms with van der Waals surface area (Å²) in [4.78, 5) is 10.9. The van der Waals surface area contributed by atoms with Crippen LogP contribution in [0.3, 0.4) is 0 Å². The predicted molar refractivity (Wildman–Crippen MR) is 70.5 cm³/mol. The fraction of sp³-hybridized carbons (Fsp3) is 0. The largest absolute Gasteiger partial charge is 0.508 e. The summed E-state index contributed by atoms with van der Waals surface area (Å²) in [7, 11) is 0. The minimum Gasteiger partial charge on any atom is -0.508 e. The Balaban J connectivity index is 2.60. The topological polar surface area (TPSA) is 57.5 Å². The van der Waals surface area contributed by atoms with Crippen molar-refractivity contribution in [3.05, 3.63) is 52.0 Å². The molecule has 2 aromatic rings. The number of aromatic carboxylic acids is 1. The van der Waals surface area contributed by atoms with Gasteiger partial charge >= 0.3 is 5.97 Å². The predicted octanol–water partition coefficient (Wildman–Crippen LogP) is 4.06. The van der Waals surface area contributed by atoms with Gasteiger partial charge in [-0.1, -0.05) is 29.3 Å². The Labute approximate surface area is 113 Å². The molecule has 2 rings (SSSR count). The number of hydrogen-bond donors (Lipinski definition) is 2. The van der Waals surface area contributed by atoms with Crippen LogP contribution < -0.4 is 0 Å². The summed E-state index contributed by atoms with van der Waals surface area (Å²) in [6.45, 7) is 0. The van der Waals surface area contributed by atoms with E-state index >= 15 is 0 Å². The molecular weight excluding hydrogens is 275 g/mol. The first-order chi connectivity index (χ1) is 8.47.